The van der Waals surface area contributed by atoms with Gasteiger partial charge in [-0.2, -0.15) is 0 Å². The van der Waals surface area contributed by atoms with Gasteiger partial charge < -0.3 is 10.6 Å². The minimum Gasteiger partial charge on any atom is -0.358 e. The average molecular weight is 316 g/mol. The highest BCUT2D eigenvalue weighted by atomic mass is 32.1. The molecule has 2 N–H and O–H groups in total. The Labute approximate surface area is 136 Å². The highest BCUT2D eigenvalue weighted by Crippen LogP contribution is 2.20. The molecule has 0 atom stereocenters. The molecular formula is C18H21FN2S. The zero-order valence-corrected chi connectivity index (χ0v) is 14.2. The third-order valence-electron chi connectivity index (χ3n) is 3.84. The van der Waals surface area contributed by atoms with Gasteiger partial charge in [-0.1, -0.05) is 12.1 Å². The molecule has 0 spiro atoms. The van der Waals surface area contributed by atoms with Crippen LogP contribution >= 0.6 is 12.2 Å². The zero-order chi connectivity index (χ0) is 16.3. The third kappa shape index (κ3) is 4.04. The lowest BCUT2D eigenvalue weighted by Crippen LogP contribution is -2.28. The molecule has 22 heavy (non-hydrogen) atoms. The average Bonchev–Trinajstić information content (AvgIpc) is 2.45. The Morgan fingerprint density at radius 3 is 2.36 bits per heavy atom. The van der Waals surface area contributed by atoms with Crippen molar-refractivity contribution in [1.82, 2.24) is 5.32 Å². The van der Waals surface area contributed by atoms with E-state index in [1.54, 1.807) is 6.07 Å². The van der Waals surface area contributed by atoms with Crippen molar-refractivity contribution >= 4 is 23.0 Å². The first-order valence-corrected chi connectivity index (χ1v) is 7.65. The van der Waals surface area contributed by atoms with Crippen molar-refractivity contribution in [2.45, 2.75) is 34.2 Å². The summed E-state index contributed by atoms with van der Waals surface area (Å²) in [5.41, 5.74) is 6.57. The van der Waals surface area contributed by atoms with Crippen molar-refractivity contribution in [3.63, 3.8) is 0 Å². The Hall–Kier alpha value is -1.94. The van der Waals surface area contributed by atoms with E-state index < -0.39 is 0 Å². The maximum Gasteiger partial charge on any atom is 0.171 e. The molecule has 0 aromatic heterocycles. The molecule has 0 aliphatic carbocycles. The van der Waals surface area contributed by atoms with Crippen molar-refractivity contribution in [3.05, 3.63) is 64.0 Å². The molecule has 0 fully saturated rings. The molecular weight excluding hydrogens is 295 g/mol. The quantitative estimate of drug-likeness (QED) is 0.813. The van der Waals surface area contributed by atoms with E-state index in [2.05, 4.69) is 36.6 Å². The third-order valence-corrected chi connectivity index (χ3v) is 4.09. The van der Waals surface area contributed by atoms with Crippen LogP contribution in [0.25, 0.3) is 0 Å². The fourth-order valence-corrected chi connectivity index (χ4v) is 2.45. The second kappa shape index (κ2) is 6.88. The maximum atomic E-state index is 13.3. The molecule has 0 aliphatic rings. The number of aryl methyl sites for hydroxylation is 4. The minimum absolute atomic E-state index is 0.230. The van der Waals surface area contributed by atoms with Gasteiger partial charge >= 0.3 is 0 Å². The van der Waals surface area contributed by atoms with Crippen molar-refractivity contribution in [1.29, 1.82) is 0 Å². The maximum absolute atomic E-state index is 13.3. The van der Waals surface area contributed by atoms with E-state index in [-0.39, 0.29) is 5.82 Å². The van der Waals surface area contributed by atoms with Gasteiger partial charge in [-0.15, -0.1) is 0 Å². The van der Waals surface area contributed by atoms with Crippen LogP contribution < -0.4 is 10.6 Å². The van der Waals surface area contributed by atoms with Gasteiger partial charge in [-0.25, -0.2) is 4.39 Å². The minimum atomic E-state index is -0.230. The van der Waals surface area contributed by atoms with Crippen LogP contribution in [0, 0.1) is 33.5 Å². The van der Waals surface area contributed by atoms with Crippen LogP contribution in [-0.4, -0.2) is 5.11 Å². The Morgan fingerprint density at radius 2 is 1.64 bits per heavy atom. The summed E-state index contributed by atoms with van der Waals surface area (Å²) in [5, 5.41) is 6.88. The first kappa shape index (κ1) is 16.4. The lowest BCUT2D eigenvalue weighted by atomic mass is 10.1. The van der Waals surface area contributed by atoms with Gasteiger partial charge in [0.2, 0.25) is 0 Å². The number of hydrogen-bond donors (Lipinski definition) is 2. The largest absolute Gasteiger partial charge is 0.358 e. The number of rotatable bonds is 3. The van der Waals surface area contributed by atoms with E-state index in [0.717, 1.165) is 22.4 Å². The number of hydrogen-bond acceptors (Lipinski definition) is 1. The van der Waals surface area contributed by atoms with Gasteiger partial charge in [0.05, 0.1) is 0 Å². The van der Waals surface area contributed by atoms with Crippen molar-refractivity contribution in [3.8, 4) is 0 Å². The summed E-state index contributed by atoms with van der Waals surface area (Å²) in [5.74, 6) is -0.230. The van der Waals surface area contributed by atoms with Crippen LogP contribution in [0.1, 0.15) is 27.8 Å². The molecule has 2 aromatic carbocycles. The predicted octanol–water partition coefficient (Wildman–Crippen LogP) is 4.55. The van der Waals surface area contributed by atoms with E-state index >= 15 is 0 Å². The molecule has 0 radical (unpaired) electrons. The summed E-state index contributed by atoms with van der Waals surface area (Å²) in [6.45, 7) is 8.68. The summed E-state index contributed by atoms with van der Waals surface area (Å²) in [6, 6.07) is 9.00. The smallest absolute Gasteiger partial charge is 0.171 e. The molecule has 2 rings (SSSR count). The van der Waals surface area contributed by atoms with Gasteiger partial charge in [0.1, 0.15) is 5.82 Å². The van der Waals surface area contributed by atoms with Crippen molar-refractivity contribution in [2.75, 3.05) is 5.32 Å². The summed E-state index contributed by atoms with van der Waals surface area (Å²) in [6.07, 6.45) is 0. The van der Waals surface area contributed by atoms with Crippen LogP contribution in [0.5, 0.6) is 0 Å². The number of halogens is 1. The van der Waals surface area contributed by atoms with Crippen LogP contribution in [0.15, 0.2) is 30.3 Å². The Bertz CT molecular complexity index is 710. The van der Waals surface area contributed by atoms with Crippen LogP contribution in [0.4, 0.5) is 10.1 Å². The van der Waals surface area contributed by atoms with Crippen LogP contribution in [-0.2, 0) is 6.54 Å². The molecule has 0 saturated carbocycles. The second-order valence-electron chi connectivity index (χ2n) is 5.63. The zero-order valence-electron chi connectivity index (χ0n) is 13.4. The molecule has 0 aliphatic heterocycles. The first-order chi connectivity index (χ1) is 10.4. The Balaban J connectivity index is 2.02. The Kier molecular flexibility index (Phi) is 5.14. The highest BCUT2D eigenvalue weighted by Gasteiger charge is 2.05. The number of nitrogens with one attached hydrogen (secondary N) is 2. The monoisotopic (exact) mass is 316 g/mol. The van der Waals surface area contributed by atoms with E-state index in [4.69, 9.17) is 12.2 Å². The number of benzene rings is 2. The summed E-state index contributed by atoms with van der Waals surface area (Å²) < 4.78 is 13.3. The second-order valence-corrected chi connectivity index (χ2v) is 6.04. The van der Waals surface area contributed by atoms with E-state index in [1.807, 2.05) is 13.8 Å². The van der Waals surface area contributed by atoms with Gasteiger partial charge in [0, 0.05) is 12.2 Å². The molecule has 0 amide bonds. The van der Waals surface area contributed by atoms with Gasteiger partial charge in [0.25, 0.3) is 0 Å². The van der Waals surface area contributed by atoms with Crippen molar-refractivity contribution in [2.24, 2.45) is 0 Å². The van der Waals surface area contributed by atoms with Gasteiger partial charge in [0.15, 0.2) is 5.11 Å². The molecule has 0 bridgehead atoms. The molecule has 0 unspecified atom stereocenters. The van der Waals surface area contributed by atoms with E-state index in [9.17, 15) is 4.39 Å². The fourth-order valence-electron chi connectivity index (χ4n) is 2.27. The number of anilines is 1. The Morgan fingerprint density at radius 1 is 0.955 bits per heavy atom. The van der Waals surface area contributed by atoms with E-state index in [0.29, 0.717) is 11.7 Å². The normalized spacial score (nSPS) is 10.4. The van der Waals surface area contributed by atoms with Gasteiger partial charge in [-0.3, -0.25) is 0 Å². The SMILES string of the molecule is Cc1cc(C)c(NC(=S)NCc2cc(F)ccc2C)cc1C. The molecule has 4 heteroatoms. The van der Waals surface area contributed by atoms with Crippen LogP contribution in [0.2, 0.25) is 0 Å². The molecule has 2 aromatic rings. The molecule has 0 saturated heterocycles. The molecule has 0 heterocycles. The summed E-state index contributed by atoms with van der Waals surface area (Å²) >= 11 is 5.33. The predicted molar refractivity (Wildman–Crippen MR) is 94.9 cm³/mol. The first-order valence-electron chi connectivity index (χ1n) is 7.24. The fraction of sp³-hybridized carbons (Fsp3) is 0.278. The number of thiocarbonyl (C=S) groups is 1. The highest BCUT2D eigenvalue weighted by molar-refractivity contribution is 7.80. The van der Waals surface area contributed by atoms with Crippen LogP contribution in [0.3, 0.4) is 0 Å². The lowest BCUT2D eigenvalue weighted by Gasteiger charge is -2.15. The van der Waals surface area contributed by atoms with Crippen molar-refractivity contribution < 1.29 is 4.39 Å². The summed E-state index contributed by atoms with van der Waals surface area (Å²) in [7, 11) is 0. The molecule has 116 valence electrons. The van der Waals surface area contributed by atoms with E-state index in [1.165, 1.54) is 23.3 Å². The molecule has 2 nitrogen and oxygen atoms in total. The topological polar surface area (TPSA) is 24.1 Å². The van der Waals surface area contributed by atoms with Gasteiger partial charge in [-0.05, 0) is 85.9 Å². The lowest BCUT2D eigenvalue weighted by molar-refractivity contribution is 0.624. The summed E-state index contributed by atoms with van der Waals surface area (Å²) in [4.78, 5) is 0. The standard InChI is InChI=1S/C18H21FN2S/c1-11-5-6-16(19)9-15(11)10-20-18(22)21-17-8-13(3)12(2)7-14(17)4/h5-9H,10H2,1-4H3,(H2,20,21,22).